The Hall–Kier alpha value is -1.80. The monoisotopic (exact) mass is 356 g/mol. The third-order valence-corrected chi connectivity index (χ3v) is 5.57. The largest absolute Gasteiger partial charge is 0.496 e. The SMILES string of the molecule is COc1cccc(OC)c1CNC(=O)C1CCN(S(C)(=O)=O)CC1. The molecule has 0 atom stereocenters. The van der Waals surface area contributed by atoms with E-state index in [9.17, 15) is 13.2 Å². The molecule has 0 bridgehead atoms. The van der Waals surface area contributed by atoms with Crippen LogP contribution in [0.2, 0.25) is 0 Å². The van der Waals surface area contributed by atoms with Gasteiger partial charge in [-0.2, -0.15) is 0 Å². The molecule has 1 amide bonds. The number of amides is 1. The van der Waals surface area contributed by atoms with Gasteiger partial charge in [0.1, 0.15) is 11.5 Å². The highest BCUT2D eigenvalue weighted by Crippen LogP contribution is 2.28. The fourth-order valence-electron chi connectivity index (χ4n) is 2.87. The lowest BCUT2D eigenvalue weighted by molar-refractivity contribution is -0.126. The van der Waals surface area contributed by atoms with Crippen molar-refractivity contribution in [2.24, 2.45) is 5.92 Å². The van der Waals surface area contributed by atoms with Crippen molar-refractivity contribution in [3.63, 3.8) is 0 Å². The Kier molecular flexibility index (Phi) is 6.06. The molecule has 2 rings (SSSR count). The van der Waals surface area contributed by atoms with Crippen molar-refractivity contribution in [1.82, 2.24) is 9.62 Å². The lowest BCUT2D eigenvalue weighted by Gasteiger charge is -2.29. The van der Waals surface area contributed by atoms with Crippen LogP contribution in [0, 0.1) is 5.92 Å². The van der Waals surface area contributed by atoms with Gasteiger partial charge in [-0.1, -0.05) is 6.07 Å². The molecule has 0 unspecified atom stereocenters. The van der Waals surface area contributed by atoms with E-state index in [0.717, 1.165) is 5.56 Å². The standard InChI is InChI=1S/C16H24N2O5S/c1-22-14-5-4-6-15(23-2)13(14)11-17-16(19)12-7-9-18(10-8-12)24(3,20)21/h4-6,12H,7-11H2,1-3H3,(H,17,19). The Balaban J connectivity index is 1.95. The van der Waals surface area contributed by atoms with E-state index in [0.29, 0.717) is 44.0 Å². The first kappa shape index (κ1) is 18.5. The molecule has 1 aliphatic rings. The van der Waals surface area contributed by atoms with E-state index in [1.807, 2.05) is 18.2 Å². The molecular weight excluding hydrogens is 332 g/mol. The summed E-state index contributed by atoms with van der Waals surface area (Å²) in [5.74, 6) is 1.06. The fraction of sp³-hybridized carbons (Fsp3) is 0.562. The van der Waals surface area contributed by atoms with Crippen LogP contribution in [-0.2, 0) is 21.4 Å². The summed E-state index contributed by atoms with van der Waals surface area (Å²) in [5.41, 5.74) is 0.782. The molecule has 1 saturated heterocycles. The number of rotatable bonds is 6. The number of hydrogen-bond acceptors (Lipinski definition) is 5. The van der Waals surface area contributed by atoms with Gasteiger partial charge in [-0.3, -0.25) is 4.79 Å². The summed E-state index contributed by atoms with van der Waals surface area (Å²) in [6, 6.07) is 5.45. The van der Waals surface area contributed by atoms with Crippen LogP contribution in [0.25, 0.3) is 0 Å². The average Bonchev–Trinajstić information content (AvgIpc) is 2.58. The van der Waals surface area contributed by atoms with Crippen molar-refractivity contribution in [1.29, 1.82) is 0 Å². The number of nitrogens with one attached hydrogen (secondary N) is 1. The first-order valence-electron chi connectivity index (χ1n) is 7.79. The molecule has 0 spiro atoms. The predicted octanol–water partition coefficient (Wildman–Crippen LogP) is 0.992. The zero-order valence-corrected chi connectivity index (χ0v) is 15.1. The van der Waals surface area contributed by atoms with Gasteiger partial charge in [0.25, 0.3) is 0 Å². The highest BCUT2D eigenvalue weighted by Gasteiger charge is 2.29. The molecule has 1 heterocycles. The molecule has 1 aromatic rings. The minimum absolute atomic E-state index is 0.0730. The number of benzene rings is 1. The number of carbonyl (C=O) groups excluding carboxylic acids is 1. The van der Waals surface area contributed by atoms with Gasteiger partial charge in [0.15, 0.2) is 0 Å². The Labute approximate surface area is 143 Å². The van der Waals surface area contributed by atoms with Crippen molar-refractivity contribution in [2.45, 2.75) is 19.4 Å². The zero-order valence-electron chi connectivity index (χ0n) is 14.2. The molecule has 24 heavy (non-hydrogen) atoms. The molecule has 0 aromatic heterocycles. The number of piperidine rings is 1. The second-order valence-corrected chi connectivity index (χ2v) is 7.78. The third kappa shape index (κ3) is 4.39. The first-order valence-corrected chi connectivity index (χ1v) is 9.64. The molecule has 1 fully saturated rings. The van der Waals surface area contributed by atoms with Crippen LogP contribution in [0.1, 0.15) is 18.4 Å². The summed E-state index contributed by atoms with van der Waals surface area (Å²) < 4.78 is 35.1. The van der Waals surface area contributed by atoms with Gasteiger partial charge in [0.05, 0.1) is 32.6 Å². The van der Waals surface area contributed by atoms with E-state index in [1.165, 1.54) is 10.6 Å². The second-order valence-electron chi connectivity index (χ2n) is 5.80. The van der Waals surface area contributed by atoms with Crippen LogP contribution < -0.4 is 14.8 Å². The Morgan fingerprint density at radius 1 is 1.21 bits per heavy atom. The number of hydrogen-bond donors (Lipinski definition) is 1. The van der Waals surface area contributed by atoms with Crippen molar-refractivity contribution < 1.29 is 22.7 Å². The van der Waals surface area contributed by atoms with E-state index in [1.54, 1.807) is 14.2 Å². The van der Waals surface area contributed by atoms with E-state index in [-0.39, 0.29) is 11.8 Å². The fourth-order valence-corrected chi connectivity index (χ4v) is 3.75. The molecule has 0 aliphatic carbocycles. The summed E-state index contributed by atoms with van der Waals surface area (Å²) in [5, 5.41) is 2.90. The lowest BCUT2D eigenvalue weighted by atomic mass is 9.97. The van der Waals surface area contributed by atoms with Crippen LogP contribution in [0.5, 0.6) is 11.5 Å². The number of carbonyl (C=O) groups is 1. The summed E-state index contributed by atoms with van der Waals surface area (Å²) in [4.78, 5) is 12.4. The number of ether oxygens (including phenoxy) is 2. The maximum Gasteiger partial charge on any atom is 0.223 e. The smallest absolute Gasteiger partial charge is 0.223 e. The number of sulfonamides is 1. The van der Waals surface area contributed by atoms with Gasteiger partial charge < -0.3 is 14.8 Å². The van der Waals surface area contributed by atoms with Crippen LogP contribution >= 0.6 is 0 Å². The van der Waals surface area contributed by atoms with Gasteiger partial charge in [-0.15, -0.1) is 0 Å². The molecule has 1 aromatic carbocycles. The lowest BCUT2D eigenvalue weighted by Crippen LogP contribution is -2.42. The van der Waals surface area contributed by atoms with Crippen LogP contribution in [-0.4, -0.2) is 52.2 Å². The van der Waals surface area contributed by atoms with E-state index < -0.39 is 10.0 Å². The molecule has 0 saturated carbocycles. The molecule has 1 N–H and O–H groups in total. The minimum Gasteiger partial charge on any atom is -0.496 e. The maximum absolute atomic E-state index is 12.4. The van der Waals surface area contributed by atoms with Crippen molar-refractivity contribution in [2.75, 3.05) is 33.6 Å². The number of nitrogens with zero attached hydrogens (tertiary/aromatic N) is 1. The van der Waals surface area contributed by atoms with Gasteiger partial charge in [-0.05, 0) is 25.0 Å². The highest BCUT2D eigenvalue weighted by atomic mass is 32.2. The van der Waals surface area contributed by atoms with E-state index in [4.69, 9.17) is 9.47 Å². The summed E-state index contributed by atoms with van der Waals surface area (Å²) >= 11 is 0. The van der Waals surface area contributed by atoms with Crippen molar-refractivity contribution >= 4 is 15.9 Å². The first-order chi connectivity index (χ1) is 11.4. The van der Waals surface area contributed by atoms with Crippen LogP contribution in [0.4, 0.5) is 0 Å². The van der Waals surface area contributed by atoms with Crippen molar-refractivity contribution in [3.05, 3.63) is 23.8 Å². The van der Waals surface area contributed by atoms with Crippen LogP contribution in [0.15, 0.2) is 18.2 Å². The quantitative estimate of drug-likeness (QED) is 0.822. The van der Waals surface area contributed by atoms with Crippen molar-refractivity contribution in [3.8, 4) is 11.5 Å². The third-order valence-electron chi connectivity index (χ3n) is 4.26. The summed E-state index contributed by atoms with van der Waals surface area (Å²) in [6.07, 6.45) is 2.26. The predicted molar refractivity (Wildman–Crippen MR) is 90.5 cm³/mol. The van der Waals surface area contributed by atoms with Gasteiger partial charge in [0.2, 0.25) is 15.9 Å². The second kappa shape index (κ2) is 7.85. The summed E-state index contributed by atoms with van der Waals surface area (Å²) in [6.45, 7) is 1.07. The average molecular weight is 356 g/mol. The topological polar surface area (TPSA) is 84.9 Å². The highest BCUT2D eigenvalue weighted by molar-refractivity contribution is 7.88. The Morgan fingerprint density at radius 2 is 1.75 bits per heavy atom. The van der Waals surface area contributed by atoms with E-state index in [2.05, 4.69) is 5.32 Å². The molecule has 0 radical (unpaired) electrons. The molecule has 1 aliphatic heterocycles. The molecule has 8 heteroatoms. The Bertz CT molecular complexity index is 659. The number of methoxy groups -OCH3 is 2. The van der Waals surface area contributed by atoms with Crippen LogP contribution in [0.3, 0.4) is 0 Å². The van der Waals surface area contributed by atoms with Gasteiger partial charge in [0, 0.05) is 19.0 Å². The summed E-state index contributed by atoms with van der Waals surface area (Å²) in [7, 11) is -0.0388. The minimum atomic E-state index is -3.18. The Morgan fingerprint density at radius 3 is 2.21 bits per heavy atom. The maximum atomic E-state index is 12.4. The zero-order chi connectivity index (χ0) is 17.7. The molecular formula is C16H24N2O5S. The normalized spacial score (nSPS) is 16.6. The molecule has 7 nitrogen and oxygen atoms in total. The van der Waals surface area contributed by atoms with Gasteiger partial charge in [-0.25, -0.2) is 12.7 Å². The molecule has 134 valence electrons. The van der Waals surface area contributed by atoms with Gasteiger partial charge >= 0.3 is 0 Å². The van der Waals surface area contributed by atoms with E-state index >= 15 is 0 Å².